The first-order valence-electron chi connectivity index (χ1n) is 5.99. The number of aliphatic hydroxyl groups is 1. The minimum atomic E-state index is -0.933. The van der Waals surface area contributed by atoms with Crippen molar-refractivity contribution in [3.05, 3.63) is 70.1 Å². The van der Waals surface area contributed by atoms with Crippen LogP contribution in [0, 0.1) is 0 Å². The van der Waals surface area contributed by atoms with Crippen LogP contribution in [0.5, 0.6) is 0 Å². The van der Waals surface area contributed by atoms with Gasteiger partial charge in [-0.25, -0.2) is 0 Å². The number of hydrogen-bond donors (Lipinski definition) is 1. The van der Waals surface area contributed by atoms with Crippen LogP contribution in [0.15, 0.2) is 48.8 Å². The van der Waals surface area contributed by atoms with Crippen LogP contribution in [0.2, 0.25) is 10.0 Å². The summed E-state index contributed by atoms with van der Waals surface area (Å²) in [5, 5.41) is 12.1. The number of nitrogens with zero attached hydrogens (tertiary/aromatic N) is 2. The van der Waals surface area contributed by atoms with Gasteiger partial charge in [0.1, 0.15) is 6.10 Å². The Kier molecular flexibility index (Phi) is 3.57. The third-order valence-electron chi connectivity index (χ3n) is 3.02. The highest BCUT2D eigenvalue weighted by molar-refractivity contribution is 6.34. The lowest BCUT2D eigenvalue weighted by Crippen LogP contribution is -2.04. The van der Waals surface area contributed by atoms with E-state index in [0.29, 0.717) is 21.3 Å². The summed E-state index contributed by atoms with van der Waals surface area (Å²) in [6, 6.07) is 11.1. The number of hydrogen-bond acceptors (Lipinski definition) is 3. The molecule has 0 amide bonds. The molecule has 0 aliphatic rings. The molecule has 0 aliphatic heterocycles. The van der Waals surface area contributed by atoms with E-state index in [9.17, 15) is 5.11 Å². The van der Waals surface area contributed by atoms with Gasteiger partial charge in [-0.1, -0.05) is 41.4 Å². The molecule has 0 fully saturated rings. The van der Waals surface area contributed by atoms with Crippen molar-refractivity contribution in [2.24, 2.45) is 0 Å². The predicted octanol–water partition coefficient (Wildman–Crippen LogP) is 4.02. The van der Waals surface area contributed by atoms with Gasteiger partial charge in [0, 0.05) is 23.3 Å². The summed E-state index contributed by atoms with van der Waals surface area (Å²) in [6.45, 7) is 0. The zero-order valence-corrected chi connectivity index (χ0v) is 11.8. The van der Waals surface area contributed by atoms with E-state index in [1.54, 1.807) is 12.3 Å². The first kappa shape index (κ1) is 13.3. The van der Waals surface area contributed by atoms with E-state index >= 15 is 0 Å². The van der Waals surface area contributed by atoms with Crippen LogP contribution in [0.4, 0.5) is 0 Å². The molecule has 2 aromatic heterocycles. The zero-order chi connectivity index (χ0) is 14.1. The Morgan fingerprint density at radius 1 is 1.00 bits per heavy atom. The van der Waals surface area contributed by atoms with Crippen molar-refractivity contribution in [2.75, 3.05) is 0 Å². The second-order valence-corrected chi connectivity index (χ2v) is 5.23. The van der Waals surface area contributed by atoms with E-state index in [4.69, 9.17) is 23.2 Å². The van der Waals surface area contributed by atoms with Crippen molar-refractivity contribution in [2.45, 2.75) is 6.10 Å². The molecule has 0 saturated carbocycles. The Bertz CT molecular complexity index is 777. The Hall–Kier alpha value is -1.68. The third kappa shape index (κ3) is 2.48. The minimum Gasteiger partial charge on any atom is -0.382 e. The van der Waals surface area contributed by atoms with Gasteiger partial charge >= 0.3 is 0 Å². The van der Waals surface area contributed by atoms with E-state index in [0.717, 1.165) is 10.9 Å². The topological polar surface area (TPSA) is 46.0 Å². The number of aromatic nitrogens is 2. The summed E-state index contributed by atoms with van der Waals surface area (Å²) in [5.74, 6) is 0. The van der Waals surface area contributed by atoms with Crippen molar-refractivity contribution >= 4 is 34.1 Å². The average Bonchev–Trinajstić information content (AvgIpc) is 2.46. The lowest BCUT2D eigenvalue weighted by atomic mass is 10.1. The van der Waals surface area contributed by atoms with Gasteiger partial charge in [-0.2, -0.15) is 0 Å². The van der Waals surface area contributed by atoms with Gasteiger partial charge in [-0.15, -0.1) is 0 Å². The largest absolute Gasteiger partial charge is 0.382 e. The third-order valence-corrected chi connectivity index (χ3v) is 3.53. The fourth-order valence-corrected chi connectivity index (χ4v) is 2.51. The second-order valence-electron chi connectivity index (χ2n) is 4.38. The van der Waals surface area contributed by atoms with Crippen LogP contribution in [-0.4, -0.2) is 15.1 Å². The molecule has 3 nitrogen and oxygen atoms in total. The maximum Gasteiger partial charge on any atom is 0.124 e. The van der Waals surface area contributed by atoms with Gasteiger partial charge in [0.05, 0.1) is 21.3 Å². The second kappa shape index (κ2) is 5.37. The van der Waals surface area contributed by atoms with Gasteiger partial charge in [-0.05, 0) is 18.2 Å². The minimum absolute atomic E-state index is 0.332. The highest BCUT2D eigenvalue weighted by atomic mass is 35.5. The smallest absolute Gasteiger partial charge is 0.124 e. The average molecular weight is 305 g/mol. The highest BCUT2D eigenvalue weighted by Gasteiger charge is 2.16. The van der Waals surface area contributed by atoms with E-state index in [2.05, 4.69) is 9.97 Å². The monoisotopic (exact) mass is 304 g/mol. The molecule has 3 aromatic rings. The van der Waals surface area contributed by atoms with Crippen molar-refractivity contribution in [3.63, 3.8) is 0 Å². The lowest BCUT2D eigenvalue weighted by molar-refractivity contribution is 0.215. The lowest BCUT2D eigenvalue weighted by Gasteiger charge is -2.12. The van der Waals surface area contributed by atoms with Crippen LogP contribution >= 0.6 is 23.2 Å². The Morgan fingerprint density at radius 3 is 2.60 bits per heavy atom. The van der Waals surface area contributed by atoms with E-state index in [1.807, 2.05) is 30.3 Å². The van der Waals surface area contributed by atoms with E-state index in [1.165, 1.54) is 6.20 Å². The molecule has 1 unspecified atom stereocenters. The van der Waals surface area contributed by atoms with Gasteiger partial charge in [-0.3, -0.25) is 9.97 Å². The fourth-order valence-electron chi connectivity index (χ4n) is 2.02. The number of fused-ring (bicyclic) bond motifs is 1. The Morgan fingerprint density at radius 2 is 1.80 bits per heavy atom. The molecule has 3 rings (SSSR count). The molecule has 100 valence electrons. The van der Waals surface area contributed by atoms with Crippen LogP contribution in [0.25, 0.3) is 10.9 Å². The molecule has 20 heavy (non-hydrogen) atoms. The summed E-state index contributed by atoms with van der Waals surface area (Å²) < 4.78 is 0. The normalized spacial score (nSPS) is 12.6. The highest BCUT2D eigenvalue weighted by Crippen LogP contribution is 2.29. The maximum atomic E-state index is 10.4. The van der Waals surface area contributed by atoms with Gasteiger partial charge < -0.3 is 5.11 Å². The van der Waals surface area contributed by atoms with Crippen LogP contribution in [0.3, 0.4) is 0 Å². The molecule has 0 spiro atoms. The first-order valence-corrected chi connectivity index (χ1v) is 6.74. The molecule has 5 heteroatoms. The van der Waals surface area contributed by atoms with Crippen molar-refractivity contribution in [1.82, 2.24) is 9.97 Å². The van der Waals surface area contributed by atoms with Gasteiger partial charge in [0.15, 0.2) is 0 Å². The number of rotatable bonds is 2. The zero-order valence-electron chi connectivity index (χ0n) is 10.3. The summed E-state index contributed by atoms with van der Waals surface area (Å²) >= 11 is 11.9. The molecular formula is C15H10Cl2N2O. The number of halogens is 2. The predicted molar refractivity (Wildman–Crippen MR) is 80.1 cm³/mol. The summed E-state index contributed by atoms with van der Waals surface area (Å²) in [6.07, 6.45) is 2.15. The molecular weight excluding hydrogens is 295 g/mol. The first-order chi connectivity index (χ1) is 9.65. The van der Waals surface area contributed by atoms with Gasteiger partial charge in [0.2, 0.25) is 0 Å². The van der Waals surface area contributed by atoms with Crippen molar-refractivity contribution in [1.29, 1.82) is 0 Å². The summed E-state index contributed by atoms with van der Waals surface area (Å²) in [7, 11) is 0. The summed E-state index contributed by atoms with van der Waals surface area (Å²) in [4.78, 5) is 8.41. The number of benzene rings is 1. The molecule has 0 radical (unpaired) electrons. The molecule has 1 atom stereocenters. The molecule has 1 N–H and O–H groups in total. The standard InChI is InChI=1S/C15H10Cl2N2O/c16-11-6-12(17)14(19-8-11)15(20)10-5-9-3-1-2-4-13(9)18-7-10/h1-8,15,20H. The van der Waals surface area contributed by atoms with E-state index < -0.39 is 6.10 Å². The molecule has 2 heterocycles. The molecule has 1 aromatic carbocycles. The number of aliphatic hydroxyl groups excluding tert-OH is 1. The van der Waals surface area contributed by atoms with Crippen LogP contribution in [0.1, 0.15) is 17.4 Å². The molecule has 0 bridgehead atoms. The van der Waals surface area contributed by atoms with E-state index in [-0.39, 0.29) is 0 Å². The Balaban J connectivity index is 2.05. The summed E-state index contributed by atoms with van der Waals surface area (Å²) in [5.41, 5.74) is 1.88. The van der Waals surface area contributed by atoms with Crippen molar-refractivity contribution < 1.29 is 5.11 Å². The van der Waals surface area contributed by atoms with Gasteiger partial charge in [0.25, 0.3) is 0 Å². The number of pyridine rings is 2. The van der Waals surface area contributed by atoms with Crippen molar-refractivity contribution in [3.8, 4) is 0 Å². The maximum absolute atomic E-state index is 10.4. The SMILES string of the molecule is OC(c1cnc2ccccc2c1)c1ncc(Cl)cc1Cl. The molecule has 0 aliphatic carbocycles. The fraction of sp³-hybridized carbons (Fsp3) is 0.0667. The number of para-hydroxylation sites is 1. The Labute approximate surface area is 125 Å². The quantitative estimate of drug-likeness (QED) is 0.778. The van der Waals surface area contributed by atoms with Crippen LogP contribution in [-0.2, 0) is 0 Å². The molecule has 0 saturated heterocycles. The van der Waals surface area contributed by atoms with Crippen LogP contribution < -0.4 is 0 Å².